The molecule has 0 bridgehead atoms. The minimum absolute atomic E-state index is 0.254. The van der Waals surface area contributed by atoms with Crippen LogP contribution in [0.3, 0.4) is 0 Å². The van der Waals surface area contributed by atoms with Crippen LogP contribution < -0.4 is 15.2 Å². The predicted molar refractivity (Wildman–Crippen MR) is 95.3 cm³/mol. The second-order valence-corrected chi connectivity index (χ2v) is 6.95. The normalized spacial score (nSPS) is 16.5. The minimum Gasteiger partial charge on any atom is -0.755 e. The van der Waals surface area contributed by atoms with Gasteiger partial charge >= 0.3 is 0 Å². The molecule has 1 aliphatic rings. The Morgan fingerprint density at radius 3 is 2.46 bits per heavy atom. The average Bonchev–Trinajstić information content (AvgIpc) is 2.52. The van der Waals surface area contributed by atoms with Crippen molar-refractivity contribution in [1.29, 1.82) is 0 Å². The summed E-state index contributed by atoms with van der Waals surface area (Å²) in [7, 11) is 0. The molecule has 1 heterocycles. The summed E-state index contributed by atoms with van der Waals surface area (Å²) in [5, 5.41) is 0. The quantitative estimate of drug-likeness (QED) is 0.801. The number of nitrogens with one attached hydrogen (secondary N) is 1. The fraction of sp³-hybridized carbons (Fsp3) is 0.167. The zero-order valence-electron chi connectivity index (χ0n) is 14.0. The number of halogens is 1. The van der Waals surface area contributed by atoms with Crippen LogP contribution >= 0.6 is 0 Å². The van der Waals surface area contributed by atoms with E-state index in [9.17, 15) is 17.9 Å². The second kappa shape index (κ2) is 6.54. The number of nitrogens with two attached hydrogens (primary N) is 1. The Hall–Kier alpha value is -2.71. The molecular formula is C18H16FN2O4S-. The summed E-state index contributed by atoms with van der Waals surface area (Å²) >= 11 is -2.48. The molecule has 2 aromatic rings. The summed E-state index contributed by atoms with van der Waals surface area (Å²) in [6.45, 7) is 3.37. The van der Waals surface area contributed by atoms with E-state index in [1.54, 1.807) is 38.1 Å². The topological polar surface area (TPSA) is 104 Å². The maximum absolute atomic E-state index is 13.3. The van der Waals surface area contributed by atoms with Gasteiger partial charge in [-0.25, -0.2) is 4.39 Å². The number of carbonyl (C=O) groups excluding carboxylic acids is 1. The molecule has 0 aromatic heterocycles. The third kappa shape index (κ3) is 3.33. The van der Waals surface area contributed by atoms with E-state index in [0.29, 0.717) is 28.1 Å². The Morgan fingerprint density at radius 2 is 1.88 bits per heavy atom. The Bertz CT molecular complexity index is 939. The molecule has 0 aliphatic carbocycles. The Kier molecular flexibility index (Phi) is 4.55. The van der Waals surface area contributed by atoms with Crippen LogP contribution in [0.1, 0.15) is 25.0 Å². The highest BCUT2D eigenvalue weighted by atomic mass is 32.2. The van der Waals surface area contributed by atoms with Crippen molar-refractivity contribution in [2.24, 2.45) is 5.73 Å². The standard InChI is InChI=1S/C18H17FN2O4S/c1-18(2)16(17(20)22)15(10-3-5-11(19)6-4-10)13-8-7-12(21-26(23)24)9-14(13)25-18/h3-9,21H,1-2H3,(H2,20,22)(H,23,24)/p-1. The van der Waals surface area contributed by atoms with E-state index in [0.717, 1.165) is 0 Å². The van der Waals surface area contributed by atoms with Gasteiger partial charge in [-0.1, -0.05) is 12.1 Å². The Labute approximate surface area is 152 Å². The van der Waals surface area contributed by atoms with Gasteiger partial charge in [-0.3, -0.25) is 9.00 Å². The fourth-order valence-corrected chi connectivity index (χ4v) is 3.39. The molecule has 3 rings (SSSR count). The van der Waals surface area contributed by atoms with Crippen molar-refractivity contribution < 1.29 is 22.7 Å². The minimum atomic E-state index is -2.48. The van der Waals surface area contributed by atoms with Crippen LogP contribution in [0.4, 0.5) is 10.1 Å². The number of benzene rings is 2. The van der Waals surface area contributed by atoms with Gasteiger partial charge in [-0.05, 0) is 43.7 Å². The number of primary amides is 1. The molecule has 1 atom stereocenters. The van der Waals surface area contributed by atoms with Gasteiger partial charge in [0, 0.05) is 34.2 Å². The SMILES string of the molecule is CC1(C)Oc2cc(NS(=O)[O-])ccc2C(c2ccc(F)cc2)=C1C(N)=O. The number of ether oxygens (including phenoxy) is 1. The summed E-state index contributed by atoms with van der Waals surface area (Å²) in [5.74, 6) is -0.670. The van der Waals surface area contributed by atoms with Crippen LogP contribution in [0, 0.1) is 5.82 Å². The number of amides is 1. The van der Waals surface area contributed by atoms with E-state index in [-0.39, 0.29) is 5.57 Å². The molecule has 0 radical (unpaired) electrons. The van der Waals surface area contributed by atoms with Crippen molar-refractivity contribution in [3.05, 3.63) is 65.0 Å². The lowest BCUT2D eigenvalue weighted by Crippen LogP contribution is -2.41. The van der Waals surface area contributed by atoms with Crippen molar-refractivity contribution in [3.63, 3.8) is 0 Å². The largest absolute Gasteiger partial charge is 0.755 e. The van der Waals surface area contributed by atoms with E-state index in [1.165, 1.54) is 18.2 Å². The first-order valence-corrected chi connectivity index (χ1v) is 8.76. The van der Waals surface area contributed by atoms with E-state index >= 15 is 0 Å². The van der Waals surface area contributed by atoms with Gasteiger partial charge in [0.15, 0.2) is 0 Å². The van der Waals surface area contributed by atoms with Crippen LogP contribution in [0.15, 0.2) is 48.0 Å². The molecule has 8 heteroatoms. The average molecular weight is 375 g/mol. The predicted octanol–water partition coefficient (Wildman–Crippen LogP) is 2.49. The van der Waals surface area contributed by atoms with Crippen molar-refractivity contribution in [2.75, 3.05) is 4.72 Å². The molecule has 0 saturated carbocycles. The lowest BCUT2D eigenvalue weighted by atomic mass is 9.82. The van der Waals surface area contributed by atoms with E-state index in [1.807, 2.05) is 0 Å². The summed E-state index contributed by atoms with van der Waals surface area (Å²) < 4.78 is 43.2. The van der Waals surface area contributed by atoms with Crippen LogP contribution in [0.25, 0.3) is 5.57 Å². The molecule has 3 N–H and O–H groups in total. The third-order valence-corrected chi connectivity index (χ3v) is 4.45. The maximum atomic E-state index is 13.3. The molecule has 1 amide bonds. The first-order chi connectivity index (χ1) is 12.2. The molecule has 2 aromatic carbocycles. The monoisotopic (exact) mass is 375 g/mol. The van der Waals surface area contributed by atoms with Gasteiger partial charge in [-0.15, -0.1) is 0 Å². The maximum Gasteiger partial charge on any atom is 0.249 e. The highest BCUT2D eigenvalue weighted by molar-refractivity contribution is 7.80. The molecule has 0 fully saturated rings. The molecule has 26 heavy (non-hydrogen) atoms. The number of hydrogen-bond acceptors (Lipinski definition) is 4. The smallest absolute Gasteiger partial charge is 0.249 e. The number of hydrogen-bond donors (Lipinski definition) is 2. The van der Waals surface area contributed by atoms with Gasteiger partial charge in [-0.2, -0.15) is 0 Å². The first kappa shape index (κ1) is 18.1. The molecule has 0 spiro atoms. The summed E-state index contributed by atoms with van der Waals surface area (Å²) in [5.41, 5.74) is 6.81. The summed E-state index contributed by atoms with van der Waals surface area (Å²) in [6, 6.07) is 10.4. The van der Waals surface area contributed by atoms with Crippen LogP contribution in [0.5, 0.6) is 5.75 Å². The van der Waals surface area contributed by atoms with Crippen molar-refractivity contribution in [3.8, 4) is 5.75 Å². The van der Waals surface area contributed by atoms with Gasteiger partial charge in [0.25, 0.3) is 0 Å². The molecule has 0 saturated heterocycles. The molecule has 136 valence electrons. The lowest BCUT2D eigenvalue weighted by molar-refractivity contribution is -0.116. The molecule has 1 aliphatic heterocycles. The van der Waals surface area contributed by atoms with E-state index < -0.39 is 28.6 Å². The second-order valence-electron chi connectivity index (χ2n) is 6.28. The zero-order chi connectivity index (χ0) is 19.1. The van der Waals surface area contributed by atoms with Gasteiger partial charge in [0.2, 0.25) is 5.91 Å². The molecular weight excluding hydrogens is 359 g/mol. The molecule has 1 unspecified atom stereocenters. The first-order valence-electron chi connectivity index (χ1n) is 7.69. The Morgan fingerprint density at radius 1 is 1.23 bits per heavy atom. The Balaban J connectivity index is 2.26. The number of anilines is 1. The van der Waals surface area contributed by atoms with Crippen LogP contribution in [0.2, 0.25) is 0 Å². The third-order valence-electron chi connectivity index (χ3n) is 4.05. The van der Waals surface area contributed by atoms with Crippen molar-refractivity contribution in [1.82, 2.24) is 0 Å². The highest BCUT2D eigenvalue weighted by Crippen LogP contribution is 2.44. The number of rotatable bonds is 4. The lowest BCUT2D eigenvalue weighted by Gasteiger charge is -2.36. The fourth-order valence-electron chi connectivity index (χ4n) is 3.07. The molecule has 6 nitrogen and oxygen atoms in total. The zero-order valence-corrected chi connectivity index (χ0v) is 14.9. The van der Waals surface area contributed by atoms with E-state index in [4.69, 9.17) is 10.5 Å². The summed E-state index contributed by atoms with van der Waals surface area (Å²) in [4.78, 5) is 12.2. The highest BCUT2D eigenvalue weighted by Gasteiger charge is 2.38. The van der Waals surface area contributed by atoms with Gasteiger partial charge < -0.3 is 19.7 Å². The van der Waals surface area contributed by atoms with Gasteiger partial charge in [0.1, 0.15) is 17.2 Å². The number of carbonyl (C=O) groups is 1. The van der Waals surface area contributed by atoms with Crippen molar-refractivity contribution in [2.45, 2.75) is 19.4 Å². The van der Waals surface area contributed by atoms with E-state index in [2.05, 4.69) is 4.72 Å². The van der Waals surface area contributed by atoms with Crippen molar-refractivity contribution >= 4 is 28.4 Å². The summed E-state index contributed by atoms with van der Waals surface area (Å²) in [6.07, 6.45) is 0. The van der Waals surface area contributed by atoms with Crippen LogP contribution in [-0.2, 0) is 16.1 Å². The number of fused-ring (bicyclic) bond motifs is 1. The van der Waals surface area contributed by atoms with Gasteiger partial charge in [0.05, 0.1) is 5.57 Å². The van der Waals surface area contributed by atoms with Crippen LogP contribution in [-0.4, -0.2) is 20.3 Å².